The highest BCUT2D eigenvalue weighted by Gasteiger charge is 2.54. The normalized spacial score (nSPS) is 20.3. The van der Waals surface area contributed by atoms with Gasteiger partial charge in [0.25, 0.3) is 0 Å². The van der Waals surface area contributed by atoms with Crippen molar-refractivity contribution in [1.82, 2.24) is 19.5 Å². The van der Waals surface area contributed by atoms with Gasteiger partial charge in [-0.15, -0.1) is 32.5 Å². The van der Waals surface area contributed by atoms with Crippen molar-refractivity contribution in [3.63, 3.8) is 0 Å². The Morgan fingerprint density at radius 1 is 1.24 bits per heavy atom. The van der Waals surface area contributed by atoms with Gasteiger partial charge in [0.05, 0.1) is 23.9 Å². The van der Waals surface area contributed by atoms with Crippen molar-refractivity contribution in [3.8, 4) is 0 Å². The van der Waals surface area contributed by atoms with Gasteiger partial charge in [0.1, 0.15) is 30.2 Å². The molecule has 6 heterocycles. The van der Waals surface area contributed by atoms with Crippen molar-refractivity contribution in [2.45, 2.75) is 50.7 Å². The number of hydrogen-bond acceptors (Lipinski definition) is 11. The van der Waals surface area contributed by atoms with Crippen LogP contribution in [0.5, 0.6) is 0 Å². The number of amidine groups is 1. The average Bonchev–Trinajstić information content (AvgIpc) is 3.85. The number of halogens is 2. The maximum atomic E-state index is 15.5. The number of nitrogens with zero attached hydrogens (tertiary/aromatic N) is 7. The van der Waals surface area contributed by atoms with Crippen molar-refractivity contribution in [2.75, 3.05) is 43.1 Å². The first-order chi connectivity index (χ1) is 24.5. The van der Waals surface area contributed by atoms with Gasteiger partial charge < -0.3 is 25.5 Å². The van der Waals surface area contributed by atoms with E-state index in [1.54, 1.807) is 11.4 Å². The van der Waals surface area contributed by atoms with Crippen LogP contribution in [0.3, 0.4) is 0 Å². The maximum absolute atomic E-state index is 15.5. The first kappa shape index (κ1) is 34.9. The molecule has 2 fully saturated rings. The number of thioether (sulfide) groups is 1. The highest BCUT2D eigenvalue weighted by molar-refractivity contribution is 8.00. The molecule has 18 heteroatoms. The van der Waals surface area contributed by atoms with Crippen molar-refractivity contribution in [2.24, 2.45) is 11.1 Å². The minimum atomic E-state index is -1.22. The number of thiazole rings is 1. The lowest BCUT2D eigenvalue weighted by Crippen LogP contribution is -2.62. The van der Waals surface area contributed by atoms with Gasteiger partial charge in [-0.1, -0.05) is 16.8 Å². The summed E-state index contributed by atoms with van der Waals surface area (Å²) in [6.45, 7) is 3.17. The number of carbonyl (C=O) groups excluding carboxylic acids is 2. The predicted octanol–water partition coefficient (Wildman–Crippen LogP) is 3.32. The zero-order valence-electron chi connectivity index (χ0n) is 27.7. The van der Waals surface area contributed by atoms with E-state index in [4.69, 9.17) is 27.6 Å². The molecule has 14 nitrogen and oxygen atoms in total. The summed E-state index contributed by atoms with van der Waals surface area (Å²) < 4.78 is 19.4. The topological polar surface area (TPSA) is 174 Å². The zero-order valence-corrected chi connectivity index (χ0v) is 30.1. The molecule has 1 amide bonds. The Bertz CT molecular complexity index is 1970. The van der Waals surface area contributed by atoms with E-state index in [1.165, 1.54) is 29.8 Å². The Morgan fingerprint density at radius 3 is 2.71 bits per heavy atom. The molecule has 4 aliphatic heterocycles. The molecular weight excluding hydrogens is 721 g/mol. The third-order valence-corrected chi connectivity index (χ3v) is 12.0. The van der Waals surface area contributed by atoms with Crippen LogP contribution in [0.25, 0.3) is 0 Å². The highest BCUT2D eigenvalue weighted by Crippen LogP contribution is 2.45. The van der Waals surface area contributed by atoms with Gasteiger partial charge >= 0.3 is 5.97 Å². The number of Topliss-reactive ketones (excluding diaryl/α,β-unsaturated/α-hetero) is 1. The van der Waals surface area contributed by atoms with E-state index in [2.05, 4.69) is 10.1 Å². The van der Waals surface area contributed by atoms with Gasteiger partial charge in [0.2, 0.25) is 5.91 Å². The Balaban J connectivity index is 1.04. The molecule has 2 saturated heterocycles. The maximum Gasteiger partial charge on any atom is 0.352 e. The number of nitrogen functional groups attached to an aromatic ring is 1. The molecule has 0 saturated carbocycles. The number of β-lactam (4-membered cyclic amide) rings is 1. The third-order valence-electron chi connectivity index (χ3n) is 9.64. The number of carboxylic acids is 1. The van der Waals surface area contributed by atoms with Crippen LogP contribution in [-0.4, -0.2) is 91.6 Å². The van der Waals surface area contributed by atoms with Gasteiger partial charge in [0, 0.05) is 65.5 Å². The molecule has 2 atom stereocenters. The Labute approximate surface area is 305 Å². The first-order valence-electron chi connectivity index (χ1n) is 16.5. The Kier molecular flexibility index (Phi) is 9.78. The fourth-order valence-electron chi connectivity index (χ4n) is 7.13. The number of nitrogens with two attached hydrogens (primary N) is 1. The number of ketones is 1. The van der Waals surface area contributed by atoms with Crippen LogP contribution in [0, 0.1) is 17.1 Å². The molecule has 0 radical (unpaired) electrons. The van der Waals surface area contributed by atoms with Crippen LogP contribution < -0.4 is 15.3 Å². The molecule has 0 aliphatic carbocycles. The largest absolute Gasteiger partial charge is 0.477 e. The molecule has 7 rings (SSSR count). The number of rotatable bonds is 11. The SMILES string of the molecule is CO/N=C(\C(=O)C[C@@H]1C(=O)N2C(C(=O)O)=C(C[n+]3ccc4n3CCN4Cc3c(F)cc(C(=N)N4CCCCC4)cc3Cl)CS[C@H]12)c1csc(N)n1. The predicted molar refractivity (Wildman–Crippen MR) is 190 cm³/mol. The van der Waals surface area contributed by atoms with Crippen molar-refractivity contribution < 1.29 is 33.4 Å². The van der Waals surface area contributed by atoms with E-state index >= 15 is 4.39 Å². The number of aromatic nitrogens is 3. The van der Waals surface area contributed by atoms with Gasteiger partial charge in [-0.2, -0.15) is 0 Å². The smallest absolute Gasteiger partial charge is 0.352 e. The molecule has 3 aromatic rings. The fourth-order valence-corrected chi connectivity index (χ4v) is 9.35. The average molecular weight is 757 g/mol. The molecule has 268 valence electrons. The summed E-state index contributed by atoms with van der Waals surface area (Å²) >= 11 is 9.17. The quantitative estimate of drug-likeness (QED) is 0.0866. The van der Waals surface area contributed by atoms with Gasteiger partial charge in [-0.25, -0.2) is 14.2 Å². The van der Waals surface area contributed by atoms with Crippen LogP contribution in [0.4, 0.5) is 15.3 Å². The number of aliphatic carboxylic acids is 1. The first-order valence-corrected chi connectivity index (χ1v) is 18.8. The van der Waals surface area contributed by atoms with Gasteiger partial charge in [-0.3, -0.25) is 19.9 Å². The van der Waals surface area contributed by atoms with Crippen LogP contribution >= 0.6 is 34.7 Å². The lowest BCUT2D eigenvalue weighted by atomic mass is 9.89. The number of amides is 1. The van der Waals surface area contributed by atoms with Crippen LogP contribution in [0.2, 0.25) is 5.02 Å². The standard InChI is InChI=1S/C33H35ClFN9O5S2/c1-49-39-27(24-17-51-33(37)38-24)25(45)13-20-30(46)44-28(32(47)48)19(16-50-31(20)44)14-42-8-5-26-41(9-10-43(26)42)15-21-22(34)11-18(12-23(21)35)29(36)40-6-3-2-4-7-40/h5,8,11-12,17,20,31,36H,2-4,6-7,9-10,13-16H2,1H3,(H2-,37,38,47,48)/p+1/b36-29?,39-27-/t20-,31-/m1/s1. The van der Waals surface area contributed by atoms with E-state index < -0.39 is 34.8 Å². The van der Waals surface area contributed by atoms with E-state index in [-0.39, 0.29) is 52.6 Å². The lowest BCUT2D eigenvalue weighted by Gasteiger charge is -2.49. The summed E-state index contributed by atoms with van der Waals surface area (Å²) in [5.74, 6) is -1.85. The molecule has 51 heavy (non-hydrogen) atoms. The van der Waals surface area contributed by atoms with Gasteiger partial charge in [-0.05, 0) is 31.4 Å². The minimum absolute atomic E-state index is 0.0462. The Morgan fingerprint density at radius 2 is 2.02 bits per heavy atom. The number of fused-ring (bicyclic) bond motifs is 2. The molecule has 0 spiro atoms. The number of likely N-dealkylation sites (tertiary alicyclic amines) is 1. The number of hydrogen-bond donors (Lipinski definition) is 3. The summed E-state index contributed by atoms with van der Waals surface area (Å²) in [6.07, 6.45) is 4.81. The van der Waals surface area contributed by atoms with Crippen LogP contribution in [-0.2, 0) is 38.9 Å². The third kappa shape index (κ3) is 6.57. The molecule has 0 unspecified atom stereocenters. The summed E-state index contributed by atoms with van der Waals surface area (Å²) in [7, 11) is 1.30. The molecule has 1 aromatic carbocycles. The van der Waals surface area contributed by atoms with Gasteiger partial charge in [0.15, 0.2) is 35.2 Å². The highest BCUT2D eigenvalue weighted by atomic mass is 35.5. The van der Waals surface area contributed by atoms with Crippen LogP contribution in [0.15, 0.2) is 46.2 Å². The monoisotopic (exact) mass is 756 g/mol. The van der Waals surface area contributed by atoms with E-state index in [9.17, 15) is 19.5 Å². The number of carboxylic acid groups (broad SMARTS) is 1. The summed E-state index contributed by atoms with van der Waals surface area (Å²) in [4.78, 5) is 53.4. The second kappa shape index (κ2) is 14.3. The molecule has 4 N–H and O–H groups in total. The van der Waals surface area contributed by atoms with Crippen molar-refractivity contribution in [3.05, 3.63) is 68.7 Å². The van der Waals surface area contributed by atoms with Crippen molar-refractivity contribution in [1.29, 1.82) is 5.41 Å². The molecule has 2 aromatic heterocycles. The fraction of sp³-hybridized carbons (Fsp3) is 0.424. The molecule has 0 bridgehead atoms. The zero-order chi connectivity index (χ0) is 36.0. The second-order valence-electron chi connectivity index (χ2n) is 12.7. The summed E-state index contributed by atoms with van der Waals surface area (Å²) in [6, 6.07) is 4.95. The van der Waals surface area contributed by atoms with E-state index in [0.717, 1.165) is 49.5 Å². The minimum Gasteiger partial charge on any atom is -0.477 e. The lowest BCUT2D eigenvalue weighted by molar-refractivity contribution is -0.766. The number of benzene rings is 1. The second-order valence-corrected chi connectivity index (χ2v) is 15.1. The number of anilines is 2. The van der Waals surface area contributed by atoms with Crippen LogP contribution in [0.1, 0.15) is 42.5 Å². The van der Waals surface area contributed by atoms with E-state index in [1.807, 2.05) is 31.4 Å². The van der Waals surface area contributed by atoms with E-state index in [0.29, 0.717) is 35.5 Å². The number of carbonyl (C=O) groups is 3. The molecule has 4 aliphatic rings. The summed E-state index contributed by atoms with van der Waals surface area (Å²) in [5.41, 5.74) is 7.22. The molecular formula is C33H36ClFN9O5S2+. The number of nitrogens with one attached hydrogen (secondary N) is 1. The Hall–Kier alpha value is -4.48. The van der Waals surface area contributed by atoms with Crippen molar-refractivity contribution >= 4 is 74.9 Å². The number of piperidine rings is 1. The number of oxime groups is 1. The summed E-state index contributed by atoms with van der Waals surface area (Å²) in [5, 5.41) is 24.2.